The minimum absolute atomic E-state index is 0.0434. The van der Waals surface area contributed by atoms with Gasteiger partial charge in [-0.2, -0.15) is 10.3 Å². The van der Waals surface area contributed by atoms with E-state index < -0.39 is 6.04 Å². The van der Waals surface area contributed by atoms with Gasteiger partial charge in [0.2, 0.25) is 5.96 Å². The van der Waals surface area contributed by atoms with Crippen molar-refractivity contribution in [1.29, 1.82) is 5.26 Å². The second kappa shape index (κ2) is 8.15. The lowest BCUT2D eigenvalue weighted by Crippen LogP contribution is -2.52. The third-order valence-corrected chi connectivity index (χ3v) is 5.24. The molecular formula is C22H21N5O2. The van der Waals surface area contributed by atoms with Crippen molar-refractivity contribution in [3.63, 3.8) is 0 Å². The highest BCUT2D eigenvalue weighted by molar-refractivity contribution is 6.07. The molecule has 29 heavy (non-hydrogen) atoms. The number of anilines is 1. The molecular weight excluding hydrogens is 366 g/mol. The molecule has 0 radical (unpaired) electrons. The van der Waals surface area contributed by atoms with E-state index in [1.54, 1.807) is 24.3 Å². The molecule has 1 N–H and O–H groups in total. The molecule has 4 rings (SSSR count). The van der Waals surface area contributed by atoms with Crippen molar-refractivity contribution < 1.29 is 9.59 Å². The lowest BCUT2D eigenvalue weighted by molar-refractivity contribution is -0.118. The lowest BCUT2D eigenvalue weighted by Gasteiger charge is -2.37. The fraction of sp³-hybridized carbons (Fsp3) is 0.273. The standard InChI is InChI=1S/C22H21N5O2/c23-15-16-6-8-17(9-7-16)20(28)14-19-21(29)25-22(24-19)27-12-10-26(11-13-27)18-4-2-1-3-5-18/h1-9,19H,10-14H2,(H,24,25,29). The molecule has 1 unspecified atom stereocenters. The number of ketones is 1. The van der Waals surface area contributed by atoms with Crippen molar-refractivity contribution in [3.8, 4) is 6.07 Å². The molecule has 0 spiro atoms. The Morgan fingerprint density at radius 1 is 1.03 bits per heavy atom. The monoisotopic (exact) mass is 387 g/mol. The van der Waals surface area contributed by atoms with E-state index in [2.05, 4.69) is 32.2 Å². The highest BCUT2D eigenvalue weighted by Gasteiger charge is 2.32. The summed E-state index contributed by atoms with van der Waals surface area (Å²) in [6.07, 6.45) is 0.0434. The zero-order valence-electron chi connectivity index (χ0n) is 15.9. The molecule has 2 aliphatic rings. The Morgan fingerprint density at radius 2 is 1.69 bits per heavy atom. The van der Waals surface area contributed by atoms with E-state index in [-0.39, 0.29) is 18.1 Å². The van der Waals surface area contributed by atoms with Crippen LogP contribution in [0.1, 0.15) is 22.3 Å². The molecule has 0 aromatic heterocycles. The van der Waals surface area contributed by atoms with E-state index in [0.717, 1.165) is 26.2 Å². The number of aliphatic imine (C=N–C) groups is 1. The summed E-state index contributed by atoms with van der Waals surface area (Å²) in [6.45, 7) is 3.19. The number of nitrogens with zero attached hydrogens (tertiary/aromatic N) is 4. The molecule has 1 amide bonds. The Bertz CT molecular complexity index is 971. The molecule has 2 aromatic carbocycles. The van der Waals surface area contributed by atoms with Gasteiger partial charge >= 0.3 is 0 Å². The number of para-hydroxylation sites is 1. The minimum Gasteiger partial charge on any atom is -0.368 e. The van der Waals surface area contributed by atoms with E-state index in [0.29, 0.717) is 17.1 Å². The summed E-state index contributed by atoms with van der Waals surface area (Å²) in [4.78, 5) is 33.3. The van der Waals surface area contributed by atoms with Crippen molar-refractivity contribution in [1.82, 2.24) is 10.2 Å². The Kier molecular flexibility index (Phi) is 5.25. The number of nitriles is 1. The van der Waals surface area contributed by atoms with Crippen LogP contribution in [0.5, 0.6) is 0 Å². The smallest absolute Gasteiger partial charge is 0.271 e. The summed E-state index contributed by atoms with van der Waals surface area (Å²) in [6, 6.07) is 18.1. The van der Waals surface area contributed by atoms with Gasteiger partial charge in [0.25, 0.3) is 5.91 Å². The predicted octanol–water partition coefficient (Wildman–Crippen LogP) is 1.81. The first-order valence-electron chi connectivity index (χ1n) is 9.61. The van der Waals surface area contributed by atoms with Crippen molar-refractivity contribution in [3.05, 3.63) is 65.7 Å². The van der Waals surface area contributed by atoms with Crippen LogP contribution in [-0.4, -0.2) is 54.8 Å². The van der Waals surface area contributed by atoms with E-state index in [4.69, 9.17) is 5.26 Å². The SMILES string of the molecule is N#Cc1ccc(C(=O)CC2NC(N3CCN(c4ccccc4)CC3)=NC2=O)cc1. The fourth-order valence-corrected chi connectivity index (χ4v) is 3.58. The molecule has 7 nitrogen and oxygen atoms in total. The molecule has 0 bridgehead atoms. The first kappa shape index (κ1) is 18.7. The molecule has 2 aliphatic heterocycles. The summed E-state index contributed by atoms with van der Waals surface area (Å²) in [5, 5.41) is 12.0. The molecule has 2 aromatic rings. The van der Waals surface area contributed by atoms with Crippen molar-refractivity contribution in [2.75, 3.05) is 31.1 Å². The van der Waals surface area contributed by atoms with Crippen LogP contribution in [0, 0.1) is 11.3 Å². The number of guanidine groups is 1. The molecule has 1 saturated heterocycles. The molecule has 1 atom stereocenters. The zero-order chi connectivity index (χ0) is 20.2. The Morgan fingerprint density at radius 3 is 2.34 bits per heavy atom. The summed E-state index contributed by atoms with van der Waals surface area (Å²) in [5.74, 6) is 0.0958. The minimum atomic E-state index is -0.639. The van der Waals surface area contributed by atoms with Crippen molar-refractivity contribution in [2.24, 2.45) is 4.99 Å². The van der Waals surface area contributed by atoms with Gasteiger partial charge in [-0.25, -0.2) is 0 Å². The first-order valence-corrected chi connectivity index (χ1v) is 9.61. The van der Waals surface area contributed by atoms with Gasteiger partial charge in [0, 0.05) is 43.9 Å². The fourth-order valence-electron chi connectivity index (χ4n) is 3.58. The molecule has 0 saturated carbocycles. The van der Waals surface area contributed by atoms with Gasteiger partial charge in [0.15, 0.2) is 5.78 Å². The normalized spacial score (nSPS) is 18.8. The Balaban J connectivity index is 1.32. The maximum Gasteiger partial charge on any atom is 0.271 e. The van der Waals surface area contributed by atoms with Crippen LogP contribution in [0.4, 0.5) is 5.69 Å². The number of piperazine rings is 1. The van der Waals surface area contributed by atoms with Crippen molar-refractivity contribution >= 4 is 23.3 Å². The number of rotatable bonds is 4. The summed E-state index contributed by atoms with van der Waals surface area (Å²) < 4.78 is 0. The van der Waals surface area contributed by atoms with Crippen LogP contribution in [0.3, 0.4) is 0 Å². The maximum absolute atomic E-state index is 12.5. The van der Waals surface area contributed by atoms with Crippen LogP contribution in [0.15, 0.2) is 59.6 Å². The summed E-state index contributed by atoms with van der Waals surface area (Å²) >= 11 is 0. The topological polar surface area (TPSA) is 88.8 Å². The van der Waals surface area contributed by atoms with Gasteiger partial charge in [-0.1, -0.05) is 30.3 Å². The largest absolute Gasteiger partial charge is 0.368 e. The van der Waals surface area contributed by atoms with Gasteiger partial charge in [0.05, 0.1) is 11.6 Å². The number of hydrogen-bond acceptors (Lipinski definition) is 6. The molecule has 1 fully saturated rings. The number of Topliss-reactive ketones (excluding diaryl/α,β-unsaturated/α-hetero) is 1. The number of nitrogens with one attached hydrogen (secondary N) is 1. The average Bonchev–Trinajstić information content (AvgIpc) is 3.14. The molecule has 146 valence electrons. The van der Waals surface area contributed by atoms with Crippen LogP contribution < -0.4 is 10.2 Å². The van der Waals surface area contributed by atoms with Crippen molar-refractivity contribution in [2.45, 2.75) is 12.5 Å². The van der Waals surface area contributed by atoms with E-state index in [1.165, 1.54) is 5.69 Å². The maximum atomic E-state index is 12.5. The van der Waals surface area contributed by atoms with Crippen LogP contribution in [0.2, 0.25) is 0 Å². The first-order chi connectivity index (χ1) is 14.1. The third-order valence-electron chi connectivity index (χ3n) is 5.24. The average molecular weight is 387 g/mol. The Labute approximate surface area is 169 Å². The third kappa shape index (κ3) is 4.11. The highest BCUT2D eigenvalue weighted by atomic mass is 16.2. The zero-order valence-corrected chi connectivity index (χ0v) is 15.9. The van der Waals surface area contributed by atoms with Gasteiger partial charge < -0.3 is 15.1 Å². The van der Waals surface area contributed by atoms with E-state index in [1.807, 2.05) is 24.3 Å². The lowest BCUT2D eigenvalue weighted by atomic mass is 10.0. The quantitative estimate of drug-likeness (QED) is 0.805. The second-order valence-electron chi connectivity index (χ2n) is 7.10. The van der Waals surface area contributed by atoms with Crippen LogP contribution in [0.25, 0.3) is 0 Å². The second-order valence-corrected chi connectivity index (χ2v) is 7.10. The number of benzene rings is 2. The number of amides is 1. The van der Waals surface area contributed by atoms with Gasteiger partial charge in [-0.05, 0) is 24.3 Å². The highest BCUT2D eigenvalue weighted by Crippen LogP contribution is 2.17. The molecule has 2 heterocycles. The van der Waals surface area contributed by atoms with E-state index in [9.17, 15) is 9.59 Å². The molecule has 7 heteroatoms. The number of carbonyl (C=O) groups is 2. The van der Waals surface area contributed by atoms with Gasteiger partial charge in [-0.3, -0.25) is 9.59 Å². The van der Waals surface area contributed by atoms with Crippen LogP contribution >= 0.6 is 0 Å². The van der Waals surface area contributed by atoms with Crippen LogP contribution in [-0.2, 0) is 4.79 Å². The van der Waals surface area contributed by atoms with E-state index >= 15 is 0 Å². The molecule has 0 aliphatic carbocycles. The summed E-state index contributed by atoms with van der Waals surface area (Å²) in [7, 11) is 0. The number of hydrogen-bond donors (Lipinski definition) is 1. The predicted molar refractivity (Wildman–Crippen MR) is 110 cm³/mol. The van der Waals surface area contributed by atoms with Gasteiger partial charge in [-0.15, -0.1) is 0 Å². The van der Waals surface area contributed by atoms with Gasteiger partial charge in [0.1, 0.15) is 6.04 Å². The Hall–Kier alpha value is -3.66. The summed E-state index contributed by atoms with van der Waals surface area (Å²) in [5.41, 5.74) is 2.18. The number of carbonyl (C=O) groups excluding carboxylic acids is 2.